The van der Waals surface area contributed by atoms with Gasteiger partial charge in [-0.3, -0.25) is 14.4 Å². The second-order valence-electron chi connectivity index (χ2n) is 18.5. The lowest BCUT2D eigenvalue weighted by Crippen LogP contribution is -2.46. The number of rotatable bonds is 14. The van der Waals surface area contributed by atoms with Crippen LogP contribution in [0.15, 0.2) is 122 Å². The van der Waals surface area contributed by atoms with Gasteiger partial charge in [-0.25, -0.2) is 9.97 Å². The molecule has 0 atom stereocenters. The summed E-state index contributed by atoms with van der Waals surface area (Å²) in [6, 6.07) is 37.7. The zero-order valence-corrected chi connectivity index (χ0v) is 37.7. The molecule has 1 aliphatic rings. The molecule has 0 bridgehead atoms. The molecule has 61 heavy (non-hydrogen) atoms. The Morgan fingerprint density at radius 1 is 0.820 bits per heavy atom. The lowest BCUT2D eigenvalue weighted by Gasteiger charge is -2.38. The Bertz CT molecular complexity index is 2530. The number of aryl methyl sites for hydroxylation is 1. The summed E-state index contributed by atoms with van der Waals surface area (Å²) in [5.74, 6) is -0.238. The van der Waals surface area contributed by atoms with Gasteiger partial charge in [0, 0.05) is 36.8 Å². The summed E-state index contributed by atoms with van der Waals surface area (Å²) in [4.78, 5) is 39.2. The van der Waals surface area contributed by atoms with Crippen LogP contribution in [0.25, 0.3) is 33.5 Å². The Balaban J connectivity index is 1.32. The van der Waals surface area contributed by atoms with Crippen LogP contribution in [0.4, 0.5) is 0 Å². The molecule has 2 N–H and O–H groups in total. The first kappa shape index (κ1) is 42.2. The number of nitrogens with one attached hydrogen (secondary N) is 1. The van der Waals surface area contributed by atoms with Crippen molar-refractivity contribution in [3.63, 3.8) is 0 Å². The van der Waals surface area contributed by atoms with Crippen LogP contribution in [0.2, 0.25) is 18.1 Å². The lowest BCUT2D eigenvalue weighted by atomic mass is 9.76. The monoisotopic (exact) mass is 833 g/mol. The van der Waals surface area contributed by atoms with E-state index in [2.05, 4.69) is 145 Å². The molecular formula is C50H59N7O3Si. The van der Waals surface area contributed by atoms with E-state index < -0.39 is 19.4 Å². The van der Waals surface area contributed by atoms with Crippen LogP contribution in [-0.2, 0) is 16.8 Å². The fourth-order valence-corrected chi connectivity index (χ4v) is 9.29. The standard InChI is InChI=1S/C50H59N7O3Si/c1-36-23-24-40-43(33-36)57(28-27-55-29-31-60-32-30-55)54-44(40)42-34-51-46-45(52-42)41(47(58)53-48(2,3)25-26-49(4,5)61(6,7)59)35-56(46)50(37-17-11-8-12-18-37,38-19-13-9-14-20-38)39-21-15-10-16-22-39/h8-24,33-35,59H,25-32H2,1-7H3,(H,53,58). The topological polar surface area (TPSA) is 110 Å². The summed E-state index contributed by atoms with van der Waals surface area (Å²) in [6.07, 6.45) is 5.21. The number of amides is 1. The van der Waals surface area contributed by atoms with Crippen LogP contribution in [-0.4, -0.2) is 86.6 Å². The number of hydrogen-bond donors (Lipinski definition) is 2. The molecule has 0 radical (unpaired) electrons. The van der Waals surface area contributed by atoms with Crippen LogP contribution in [0.1, 0.15) is 73.1 Å². The first-order valence-electron chi connectivity index (χ1n) is 21.6. The predicted molar refractivity (Wildman–Crippen MR) is 247 cm³/mol. The third kappa shape index (κ3) is 8.32. The van der Waals surface area contributed by atoms with Gasteiger partial charge in [-0.15, -0.1) is 0 Å². The summed E-state index contributed by atoms with van der Waals surface area (Å²) in [6.45, 7) is 19.3. The molecule has 3 aromatic heterocycles. The SMILES string of the molecule is Cc1ccc2c(-c3cnc4c(n3)c(C(=O)NC(C)(C)CCC(C)(C)[Si](C)(C)O)cn4C(c3ccccc3)(c3ccccc3)c3ccccc3)nn(CCN3CCOCC3)c2c1. The Hall–Kier alpha value is -5.46. The summed E-state index contributed by atoms with van der Waals surface area (Å²) < 4.78 is 9.84. The number of hydrogen-bond acceptors (Lipinski definition) is 7. The van der Waals surface area contributed by atoms with Gasteiger partial charge in [-0.1, -0.05) is 117 Å². The van der Waals surface area contributed by atoms with Crippen molar-refractivity contribution in [3.05, 3.63) is 149 Å². The van der Waals surface area contributed by atoms with Gasteiger partial charge < -0.3 is 19.4 Å². The molecule has 11 heteroatoms. The summed E-state index contributed by atoms with van der Waals surface area (Å²) in [7, 11) is -2.46. The van der Waals surface area contributed by atoms with Gasteiger partial charge >= 0.3 is 0 Å². The number of morpholine rings is 1. The normalized spacial score (nSPS) is 14.5. The minimum absolute atomic E-state index is 0.237. The van der Waals surface area contributed by atoms with Crippen molar-refractivity contribution >= 4 is 36.3 Å². The molecule has 4 heterocycles. The molecule has 4 aromatic carbocycles. The van der Waals surface area contributed by atoms with E-state index in [1.54, 1.807) is 0 Å². The van der Waals surface area contributed by atoms with Crippen LogP contribution in [0.3, 0.4) is 0 Å². The van der Waals surface area contributed by atoms with E-state index in [1.165, 1.54) is 0 Å². The highest BCUT2D eigenvalue weighted by Gasteiger charge is 2.42. The molecule has 1 fully saturated rings. The zero-order valence-electron chi connectivity index (χ0n) is 36.7. The largest absolute Gasteiger partial charge is 0.432 e. The number of benzene rings is 4. The molecule has 7 aromatic rings. The molecule has 1 aliphatic heterocycles. The minimum Gasteiger partial charge on any atom is -0.432 e. The predicted octanol–water partition coefficient (Wildman–Crippen LogP) is 9.20. The van der Waals surface area contributed by atoms with Crippen molar-refractivity contribution in [1.29, 1.82) is 0 Å². The maximum Gasteiger partial charge on any atom is 0.255 e. The van der Waals surface area contributed by atoms with Gasteiger partial charge in [-0.2, -0.15) is 5.10 Å². The van der Waals surface area contributed by atoms with Crippen molar-refractivity contribution in [3.8, 4) is 11.4 Å². The van der Waals surface area contributed by atoms with Gasteiger partial charge in [0.1, 0.15) is 22.4 Å². The maximum atomic E-state index is 15.0. The van der Waals surface area contributed by atoms with Gasteiger partial charge in [-0.05, 0) is 80.1 Å². The molecular weight excluding hydrogens is 775 g/mol. The number of carbonyl (C=O) groups is 1. The van der Waals surface area contributed by atoms with Gasteiger partial charge in [0.25, 0.3) is 5.91 Å². The Morgan fingerprint density at radius 3 is 1.98 bits per heavy atom. The van der Waals surface area contributed by atoms with E-state index in [0.29, 0.717) is 28.8 Å². The molecule has 0 spiro atoms. The first-order chi connectivity index (χ1) is 29.2. The average Bonchev–Trinajstić information content (AvgIpc) is 3.82. The highest BCUT2D eigenvalue weighted by atomic mass is 28.4. The van der Waals surface area contributed by atoms with Gasteiger partial charge in [0.2, 0.25) is 0 Å². The Morgan fingerprint density at radius 2 is 1.41 bits per heavy atom. The highest BCUT2D eigenvalue weighted by Crippen LogP contribution is 2.44. The van der Waals surface area contributed by atoms with E-state index in [0.717, 1.165) is 84.7 Å². The molecule has 10 nitrogen and oxygen atoms in total. The zero-order chi connectivity index (χ0) is 43.0. The smallest absolute Gasteiger partial charge is 0.255 e. The van der Waals surface area contributed by atoms with Crippen molar-refractivity contribution in [1.82, 2.24) is 34.5 Å². The fourth-order valence-electron chi connectivity index (χ4n) is 8.55. The number of fused-ring (bicyclic) bond motifs is 2. The first-order valence-corrected chi connectivity index (χ1v) is 24.5. The molecule has 0 unspecified atom stereocenters. The third-order valence-corrected chi connectivity index (χ3v) is 16.6. The van der Waals surface area contributed by atoms with E-state index in [4.69, 9.17) is 19.8 Å². The lowest BCUT2D eigenvalue weighted by molar-refractivity contribution is 0.0361. The molecule has 0 saturated carbocycles. The molecule has 1 saturated heterocycles. The van der Waals surface area contributed by atoms with Crippen LogP contribution < -0.4 is 5.32 Å². The van der Waals surface area contributed by atoms with Crippen LogP contribution in [0, 0.1) is 6.92 Å². The molecule has 8 rings (SSSR count). The Kier molecular flexibility index (Phi) is 11.6. The quantitative estimate of drug-likeness (QED) is 0.0831. The maximum absolute atomic E-state index is 15.0. The van der Waals surface area contributed by atoms with Crippen molar-refractivity contribution in [2.75, 3.05) is 32.8 Å². The molecule has 0 aliphatic carbocycles. The second kappa shape index (κ2) is 16.8. The van der Waals surface area contributed by atoms with E-state index >= 15 is 4.79 Å². The van der Waals surface area contributed by atoms with Crippen LogP contribution in [0.5, 0.6) is 0 Å². The number of aromatic nitrogens is 5. The summed E-state index contributed by atoms with van der Waals surface area (Å²) in [5, 5.41) is 9.37. The summed E-state index contributed by atoms with van der Waals surface area (Å²) >= 11 is 0. The van der Waals surface area contributed by atoms with Crippen molar-refractivity contribution < 1.29 is 14.3 Å². The average molecular weight is 834 g/mol. The molecule has 1 amide bonds. The minimum atomic E-state index is -2.46. The fraction of sp³-hybridized carbons (Fsp3) is 0.360. The van der Waals surface area contributed by atoms with Gasteiger partial charge in [0.15, 0.2) is 14.0 Å². The highest BCUT2D eigenvalue weighted by molar-refractivity contribution is 6.72. The van der Waals surface area contributed by atoms with Crippen molar-refractivity contribution in [2.24, 2.45) is 0 Å². The van der Waals surface area contributed by atoms with Gasteiger partial charge in [0.05, 0.1) is 37.0 Å². The number of carbonyl (C=O) groups excluding carboxylic acids is 1. The molecule has 316 valence electrons. The summed E-state index contributed by atoms with van der Waals surface area (Å²) in [5.41, 5.74) is 6.53. The number of ether oxygens (including phenoxy) is 1. The number of nitrogens with zero attached hydrogens (tertiary/aromatic N) is 6. The van der Waals surface area contributed by atoms with Crippen LogP contribution >= 0.6 is 0 Å². The van der Waals surface area contributed by atoms with Crippen molar-refractivity contribution in [2.45, 2.75) is 83.2 Å². The Labute approximate surface area is 360 Å². The van der Waals surface area contributed by atoms with E-state index in [9.17, 15) is 4.80 Å². The van der Waals surface area contributed by atoms with E-state index in [-0.39, 0.29) is 10.9 Å². The second-order valence-corrected chi connectivity index (χ2v) is 22.9. The van der Waals surface area contributed by atoms with E-state index in [1.807, 2.05) is 43.7 Å². The third-order valence-electron chi connectivity index (χ3n) is 13.0.